The lowest BCUT2D eigenvalue weighted by molar-refractivity contribution is 0.0929. The quantitative estimate of drug-likeness (QED) is 0.718. The fourth-order valence-corrected chi connectivity index (χ4v) is 3.34. The molecule has 128 valence electrons. The van der Waals surface area contributed by atoms with E-state index < -0.39 is 5.91 Å². The number of benzene rings is 1. The van der Waals surface area contributed by atoms with Crippen molar-refractivity contribution in [3.8, 4) is 6.07 Å². The van der Waals surface area contributed by atoms with E-state index in [1.807, 2.05) is 18.2 Å². The molecule has 0 saturated heterocycles. The van der Waals surface area contributed by atoms with E-state index in [4.69, 9.17) is 11.0 Å². The Kier molecular flexibility index (Phi) is 3.62. The number of carbonyl (C=O) groups is 2. The summed E-state index contributed by atoms with van der Waals surface area (Å²) in [6, 6.07) is 11.3. The van der Waals surface area contributed by atoms with E-state index >= 15 is 0 Å². The molecule has 1 aliphatic carbocycles. The standard InChI is InChI=1S/C18H14N6O2/c19-9-13-15(16(20)25)17-21-6-5-14(24(17)23-13)18(26)22-12-7-10-3-1-2-4-11(10)8-12/h1-6,12H,7-8H2,(H2,20,25)(H,22,26). The number of rotatable bonds is 3. The summed E-state index contributed by atoms with van der Waals surface area (Å²) in [6.07, 6.45) is 2.90. The lowest BCUT2D eigenvalue weighted by Gasteiger charge is -2.12. The maximum atomic E-state index is 12.7. The van der Waals surface area contributed by atoms with E-state index in [0.29, 0.717) is 0 Å². The lowest BCUT2D eigenvalue weighted by atomic mass is 10.1. The molecule has 0 atom stereocenters. The molecule has 0 saturated carbocycles. The molecule has 1 aliphatic rings. The number of aromatic nitrogens is 3. The summed E-state index contributed by atoms with van der Waals surface area (Å²) < 4.78 is 1.19. The Morgan fingerprint density at radius 1 is 1.23 bits per heavy atom. The second-order valence-electron chi connectivity index (χ2n) is 6.11. The van der Waals surface area contributed by atoms with Crippen LogP contribution in [0.1, 0.15) is 37.7 Å². The molecule has 0 spiro atoms. The van der Waals surface area contributed by atoms with Crippen LogP contribution in [-0.4, -0.2) is 32.5 Å². The van der Waals surface area contributed by atoms with E-state index in [2.05, 4.69) is 27.5 Å². The van der Waals surface area contributed by atoms with Crippen molar-refractivity contribution in [1.29, 1.82) is 5.26 Å². The van der Waals surface area contributed by atoms with Crippen molar-refractivity contribution >= 4 is 17.5 Å². The van der Waals surface area contributed by atoms with Crippen LogP contribution in [0.4, 0.5) is 0 Å². The van der Waals surface area contributed by atoms with Gasteiger partial charge in [-0.2, -0.15) is 10.4 Å². The van der Waals surface area contributed by atoms with Crippen LogP contribution in [0.5, 0.6) is 0 Å². The first-order valence-electron chi connectivity index (χ1n) is 8.03. The summed E-state index contributed by atoms with van der Waals surface area (Å²) in [5, 5.41) is 16.2. The monoisotopic (exact) mass is 346 g/mol. The molecule has 1 aromatic carbocycles. The first-order chi connectivity index (χ1) is 12.6. The summed E-state index contributed by atoms with van der Waals surface area (Å²) in [5.74, 6) is -1.16. The van der Waals surface area contributed by atoms with Gasteiger partial charge in [0.15, 0.2) is 11.3 Å². The maximum Gasteiger partial charge on any atom is 0.270 e. The zero-order valence-electron chi connectivity index (χ0n) is 13.6. The normalized spacial score (nSPS) is 13.3. The zero-order valence-corrected chi connectivity index (χ0v) is 13.6. The van der Waals surface area contributed by atoms with Gasteiger partial charge >= 0.3 is 0 Å². The van der Waals surface area contributed by atoms with Gasteiger partial charge in [-0.15, -0.1) is 0 Å². The van der Waals surface area contributed by atoms with Gasteiger partial charge in [-0.25, -0.2) is 9.50 Å². The number of primary amides is 1. The second kappa shape index (κ2) is 5.97. The number of nitrogens with one attached hydrogen (secondary N) is 1. The van der Waals surface area contributed by atoms with Gasteiger partial charge in [-0.3, -0.25) is 9.59 Å². The predicted octanol–water partition coefficient (Wildman–Crippen LogP) is 0.597. The Hall–Kier alpha value is -3.73. The Bertz CT molecular complexity index is 1070. The predicted molar refractivity (Wildman–Crippen MR) is 91.3 cm³/mol. The molecule has 2 aromatic heterocycles. The van der Waals surface area contributed by atoms with Crippen molar-refractivity contribution in [2.45, 2.75) is 18.9 Å². The van der Waals surface area contributed by atoms with Crippen LogP contribution in [0.15, 0.2) is 36.5 Å². The van der Waals surface area contributed by atoms with E-state index in [-0.39, 0.29) is 34.5 Å². The van der Waals surface area contributed by atoms with Crippen molar-refractivity contribution in [2.75, 3.05) is 0 Å². The summed E-state index contributed by atoms with van der Waals surface area (Å²) in [6.45, 7) is 0. The molecule has 2 heterocycles. The number of carbonyl (C=O) groups excluding carboxylic acids is 2. The molecule has 3 aromatic rings. The van der Waals surface area contributed by atoms with Gasteiger partial charge in [0, 0.05) is 12.2 Å². The topological polar surface area (TPSA) is 126 Å². The molecular formula is C18H14N6O2. The van der Waals surface area contributed by atoms with Crippen LogP contribution in [0.3, 0.4) is 0 Å². The highest BCUT2D eigenvalue weighted by atomic mass is 16.2. The molecule has 0 unspecified atom stereocenters. The number of nitriles is 1. The highest BCUT2D eigenvalue weighted by Crippen LogP contribution is 2.22. The molecule has 0 bridgehead atoms. The smallest absolute Gasteiger partial charge is 0.270 e. The van der Waals surface area contributed by atoms with Crippen LogP contribution < -0.4 is 11.1 Å². The zero-order chi connectivity index (χ0) is 18.3. The number of nitrogens with two attached hydrogens (primary N) is 1. The molecule has 0 fully saturated rings. The van der Waals surface area contributed by atoms with Gasteiger partial charge in [-0.05, 0) is 30.0 Å². The molecule has 8 heteroatoms. The fraction of sp³-hybridized carbons (Fsp3) is 0.167. The highest BCUT2D eigenvalue weighted by molar-refractivity contribution is 6.02. The Labute approximate surface area is 148 Å². The van der Waals surface area contributed by atoms with E-state index in [9.17, 15) is 9.59 Å². The maximum absolute atomic E-state index is 12.7. The Balaban J connectivity index is 1.66. The van der Waals surface area contributed by atoms with Crippen LogP contribution in [0.2, 0.25) is 0 Å². The summed E-state index contributed by atoms with van der Waals surface area (Å²) in [7, 11) is 0. The molecular weight excluding hydrogens is 332 g/mol. The number of hydrogen-bond acceptors (Lipinski definition) is 5. The van der Waals surface area contributed by atoms with Gasteiger partial charge in [0.05, 0.1) is 0 Å². The van der Waals surface area contributed by atoms with Crippen molar-refractivity contribution in [2.24, 2.45) is 5.73 Å². The Morgan fingerprint density at radius 2 is 1.92 bits per heavy atom. The van der Waals surface area contributed by atoms with Gasteiger partial charge in [0.25, 0.3) is 11.8 Å². The van der Waals surface area contributed by atoms with Crippen molar-refractivity contribution < 1.29 is 9.59 Å². The summed E-state index contributed by atoms with van der Waals surface area (Å²) in [4.78, 5) is 28.4. The van der Waals surface area contributed by atoms with Gasteiger partial charge < -0.3 is 11.1 Å². The number of fused-ring (bicyclic) bond motifs is 2. The molecule has 3 N–H and O–H groups in total. The third-order valence-electron chi connectivity index (χ3n) is 4.49. The van der Waals surface area contributed by atoms with Crippen LogP contribution in [0.25, 0.3) is 5.65 Å². The average Bonchev–Trinajstić information content (AvgIpc) is 3.21. The highest BCUT2D eigenvalue weighted by Gasteiger charge is 2.26. The van der Waals surface area contributed by atoms with Gasteiger partial charge in [0.2, 0.25) is 0 Å². The molecule has 0 radical (unpaired) electrons. The third kappa shape index (κ3) is 2.46. The van der Waals surface area contributed by atoms with Crippen LogP contribution >= 0.6 is 0 Å². The fourth-order valence-electron chi connectivity index (χ4n) is 3.34. The minimum atomic E-state index is -0.812. The molecule has 4 rings (SSSR count). The second-order valence-corrected chi connectivity index (χ2v) is 6.11. The number of amides is 2. The first-order valence-corrected chi connectivity index (χ1v) is 8.03. The van der Waals surface area contributed by atoms with Crippen LogP contribution in [0, 0.1) is 11.3 Å². The minimum Gasteiger partial charge on any atom is -0.365 e. The van der Waals surface area contributed by atoms with Crippen LogP contribution in [-0.2, 0) is 12.8 Å². The summed E-state index contributed by atoms with van der Waals surface area (Å²) in [5.41, 5.74) is 7.81. The minimum absolute atomic E-state index is 0.0234. The largest absolute Gasteiger partial charge is 0.365 e. The molecule has 2 amide bonds. The Morgan fingerprint density at radius 3 is 2.54 bits per heavy atom. The average molecular weight is 346 g/mol. The van der Waals surface area contributed by atoms with Gasteiger partial charge in [-0.1, -0.05) is 24.3 Å². The van der Waals surface area contributed by atoms with E-state index in [0.717, 1.165) is 12.8 Å². The van der Waals surface area contributed by atoms with Crippen molar-refractivity contribution in [3.05, 3.63) is 64.6 Å². The van der Waals surface area contributed by atoms with Crippen molar-refractivity contribution in [1.82, 2.24) is 19.9 Å². The number of nitrogens with zero attached hydrogens (tertiary/aromatic N) is 4. The molecule has 8 nitrogen and oxygen atoms in total. The molecule has 0 aliphatic heterocycles. The van der Waals surface area contributed by atoms with Gasteiger partial charge in [0.1, 0.15) is 17.3 Å². The lowest BCUT2D eigenvalue weighted by Crippen LogP contribution is -2.36. The summed E-state index contributed by atoms with van der Waals surface area (Å²) >= 11 is 0. The number of hydrogen-bond donors (Lipinski definition) is 2. The van der Waals surface area contributed by atoms with E-state index in [1.165, 1.54) is 27.9 Å². The first kappa shape index (κ1) is 15.8. The SMILES string of the molecule is N#Cc1nn2c(C(=O)NC3Cc4ccccc4C3)ccnc2c1C(N)=O. The van der Waals surface area contributed by atoms with E-state index in [1.54, 1.807) is 0 Å². The third-order valence-corrected chi connectivity index (χ3v) is 4.49. The van der Waals surface area contributed by atoms with Crippen molar-refractivity contribution in [3.63, 3.8) is 0 Å². The molecule has 26 heavy (non-hydrogen) atoms.